The number of hydrogen-bond acceptors (Lipinski definition) is 3. The van der Waals surface area contributed by atoms with E-state index in [0.717, 1.165) is 24.8 Å². The topological polar surface area (TPSA) is 75.1 Å². The van der Waals surface area contributed by atoms with Crippen LogP contribution >= 0.6 is 0 Å². The van der Waals surface area contributed by atoms with Crippen LogP contribution in [0, 0.1) is 0 Å². The van der Waals surface area contributed by atoms with Gasteiger partial charge in [-0.05, 0) is 23.9 Å². The van der Waals surface area contributed by atoms with Gasteiger partial charge in [0, 0.05) is 17.9 Å². The first-order valence-corrected chi connectivity index (χ1v) is 12.0. The lowest BCUT2D eigenvalue weighted by Gasteiger charge is -2.05. The summed E-state index contributed by atoms with van der Waals surface area (Å²) in [5, 5.41) is 3.56. The van der Waals surface area contributed by atoms with Gasteiger partial charge < -0.3 is 4.74 Å². The van der Waals surface area contributed by atoms with Gasteiger partial charge in [0.2, 0.25) is 0 Å². The average molecular weight is 416 g/mol. The van der Waals surface area contributed by atoms with E-state index in [1.165, 1.54) is 77.0 Å². The maximum absolute atomic E-state index is 11.8. The zero-order chi connectivity index (χ0) is 21.5. The molecule has 0 atom stereocenters. The molecular formula is C25H41N3O2. The molecule has 0 heterocycles. The fourth-order valence-corrected chi connectivity index (χ4v) is 3.60. The molecule has 0 saturated carbocycles. The molecule has 0 fully saturated rings. The Balaban J connectivity index is 1.74. The predicted molar refractivity (Wildman–Crippen MR) is 124 cm³/mol. The van der Waals surface area contributed by atoms with E-state index in [1.54, 1.807) is 0 Å². The number of azide groups is 1. The van der Waals surface area contributed by atoms with Crippen LogP contribution in [0.1, 0.15) is 108 Å². The van der Waals surface area contributed by atoms with E-state index in [0.29, 0.717) is 19.6 Å². The molecule has 30 heavy (non-hydrogen) atoms. The van der Waals surface area contributed by atoms with E-state index >= 15 is 0 Å². The van der Waals surface area contributed by atoms with E-state index in [4.69, 9.17) is 10.3 Å². The number of ether oxygens (including phenoxy) is 1. The Morgan fingerprint density at radius 3 is 1.70 bits per heavy atom. The van der Waals surface area contributed by atoms with Crippen LogP contribution in [0.2, 0.25) is 0 Å². The normalized spacial score (nSPS) is 10.5. The van der Waals surface area contributed by atoms with E-state index < -0.39 is 0 Å². The van der Waals surface area contributed by atoms with Crippen molar-refractivity contribution in [2.75, 3.05) is 6.54 Å². The standard InChI is InChI=1S/C25H41N3O2/c26-28-27-22-18-13-11-9-7-5-3-1-2-4-6-8-10-12-17-21-25(29)30-23-24-19-15-14-16-20-24/h14-16,19-20H,1-13,17-18,21-23H2. The molecule has 168 valence electrons. The molecule has 1 rings (SSSR count). The quantitative estimate of drug-likeness (QED) is 0.0706. The lowest BCUT2D eigenvalue weighted by atomic mass is 10.0. The third-order valence-electron chi connectivity index (χ3n) is 5.44. The summed E-state index contributed by atoms with van der Waals surface area (Å²) in [6, 6.07) is 9.84. The maximum atomic E-state index is 11.8. The molecule has 1 aromatic rings. The minimum atomic E-state index is -0.0768. The van der Waals surface area contributed by atoms with E-state index in [2.05, 4.69) is 10.0 Å². The van der Waals surface area contributed by atoms with Crippen LogP contribution in [0.3, 0.4) is 0 Å². The lowest BCUT2D eigenvalue weighted by molar-refractivity contribution is -0.145. The second kappa shape index (κ2) is 20.3. The van der Waals surface area contributed by atoms with Gasteiger partial charge in [-0.3, -0.25) is 4.79 Å². The fraction of sp³-hybridized carbons (Fsp3) is 0.720. The highest BCUT2D eigenvalue weighted by Gasteiger charge is 2.03. The van der Waals surface area contributed by atoms with Gasteiger partial charge in [0.15, 0.2) is 0 Å². The first-order chi connectivity index (χ1) is 14.8. The van der Waals surface area contributed by atoms with E-state index in [-0.39, 0.29) is 5.97 Å². The van der Waals surface area contributed by atoms with Crippen LogP contribution in [0.5, 0.6) is 0 Å². The van der Waals surface area contributed by atoms with Crippen LogP contribution in [0.15, 0.2) is 35.4 Å². The summed E-state index contributed by atoms with van der Waals surface area (Å²) < 4.78 is 5.31. The second-order valence-electron chi connectivity index (χ2n) is 8.15. The number of rotatable bonds is 20. The zero-order valence-corrected chi connectivity index (χ0v) is 18.8. The summed E-state index contributed by atoms with van der Waals surface area (Å²) in [6.45, 7) is 1.04. The molecule has 0 bridgehead atoms. The van der Waals surface area contributed by atoms with Crippen molar-refractivity contribution in [1.29, 1.82) is 0 Å². The highest BCUT2D eigenvalue weighted by Crippen LogP contribution is 2.14. The van der Waals surface area contributed by atoms with E-state index in [1.807, 2.05) is 30.3 Å². The molecule has 0 spiro atoms. The Morgan fingerprint density at radius 1 is 0.733 bits per heavy atom. The van der Waals surface area contributed by atoms with Crippen LogP contribution in [-0.2, 0) is 16.1 Å². The second-order valence-corrected chi connectivity index (χ2v) is 8.15. The number of benzene rings is 1. The molecule has 1 aromatic carbocycles. The zero-order valence-electron chi connectivity index (χ0n) is 18.8. The van der Waals surface area contributed by atoms with Gasteiger partial charge in [0.25, 0.3) is 0 Å². The number of unbranched alkanes of at least 4 members (excludes halogenated alkanes) is 14. The third-order valence-corrected chi connectivity index (χ3v) is 5.44. The smallest absolute Gasteiger partial charge is 0.306 e. The van der Waals surface area contributed by atoms with Crippen LogP contribution in [0.4, 0.5) is 0 Å². The molecule has 0 N–H and O–H groups in total. The highest BCUT2D eigenvalue weighted by atomic mass is 16.5. The Hall–Kier alpha value is -2.00. The number of esters is 1. The first-order valence-electron chi connectivity index (χ1n) is 12.0. The molecular weight excluding hydrogens is 374 g/mol. The molecule has 5 heteroatoms. The molecule has 0 aliphatic heterocycles. The molecule has 0 amide bonds. The summed E-state index contributed by atoms with van der Waals surface area (Å²) in [4.78, 5) is 14.5. The molecule has 0 radical (unpaired) electrons. The summed E-state index contributed by atoms with van der Waals surface area (Å²) in [7, 11) is 0. The number of hydrogen-bond donors (Lipinski definition) is 0. The number of carbonyl (C=O) groups excluding carboxylic acids is 1. The fourth-order valence-electron chi connectivity index (χ4n) is 3.60. The number of nitrogens with zero attached hydrogens (tertiary/aromatic N) is 3. The number of carbonyl (C=O) groups is 1. The van der Waals surface area contributed by atoms with E-state index in [9.17, 15) is 4.79 Å². The van der Waals surface area contributed by atoms with Gasteiger partial charge in [-0.25, -0.2) is 0 Å². The molecule has 0 aliphatic rings. The largest absolute Gasteiger partial charge is 0.461 e. The summed E-state index contributed by atoms with van der Waals surface area (Å²) in [5.74, 6) is -0.0768. The predicted octanol–water partition coefficient (Wildman–Crippen LogP) is 8.28. The molecule has 0 unspecified atom stereocenters. The Kier molecular flexibility index (Phi) is 17.6. The van der Waals surface area contributed by atoms with Gasteiger partial charge in [-0.15, -0.1) is 0 Å². The lowest BCUT2D eigenvalue weighted by Crippen LogP contribution is -2.04. The van der Waals surface area contributed by atoms with Crippen molar-refractivity contribution in [3.63, 3.8) is 0 Å². The van der Waals surface area contributed by atoms with Crippen molar-refractivity contribution in [2.24, 2.45) is 5.11 Å². The van der Waals surface area contributed by atoms with Gasteiger partial charge in [0.05, 0.1) is 0 Å². The Labute approximate surface area is 183 Å². The van der Waals surface area contributed by atoms with Gasteiger partial charge >= 0.3 is 5.97 Å². The van der Waals surface area contributed by atoms with Gasteiger partial charge in [0.1, 0.15) is 6.61 Å². The highest BCUT2D eigenvalue weighted by molar-refractivity contribution is 5.69. The molecule has 0 aliphatic carbocycles. The Morgan fingerprint density at radius 2 is 1.20 bits per heavy atom. The van der Waals surface area contributed by atoms with Crippen molar-refractivity contribution in [1.82, 2.24) is 0 Å². The van der Waals surface area contributed by atoms with Gasteiger partial charge in [-0.1, -0.05) is 119 Å². The van der Waals surface area contributed by atoms with Crippen LogP contribution in [0.25, 0.3) is 10.4 Å². The monoisotopic (exact) mass is 415 g/mol. The molecule has 5 nitrogen and oxygen atoms in total. The van der Waals surface area contributed by atoms with Crippen molar-refractivity contribution >= 4 is 5.97 Å². The van der Waals surface area contributed by atoms with Crippen molar-refractivity contribution in [3.05, 3.63) is 46.3 Å². The van der Waals surface area contributed by atoms with Crippen LogP contribution < -0.4 is 0 Å². The third kappa shape index (κ3) is 16.9. The molecule has 0 aromatic heterocycles. The van der Waals surface area contributed by atoms with Gasteiger partial charge in [-0.2, -0.15) is 0 Å². The van der Waals surface area contributed by atoms with Crippen molar-refractivity contribution in [2.45, 2.75) is 109 Å². The Bertz CT molecular complexity index is 571. The SMILES string of the molecule is [N-]=[N+]=NCCCCCCCCCCCCCCCCCC(=O)OCc1ccccc1. The van der Waals surface area contributed by atoms with Crippen molar-refractivity contribution < 1.29 is 9.53 Å². The molecule has 0 saturated heterocycles. The summed E-state index contributed by atoms with van der Waals surface area (Å²) >= 11 is 0. The van der Waals surface area contributed by atoms with Crippen LogP contribution in [-0.4, -0.2) is 12.5 Å². The first kappa shape index (κ1) is 26.0. The summed E-state index contributed by atoms with van der Waals surface area (Å²) in [5.41, 5.74) is 9.25. The minimum Gasteiger partial charge on any atom is -0.461 e. The minimum absolute atomic E-state index is 0.0768. The maximum Gasteiger partial charge on any atom is 0.306 e. The summed E-state index contributed by atoms with van der Waals surface area (Å²) in [6.07, 6.45) is 19.4. The average Bonchev–Trinajstić information content (AvgIpc) is 2.77. The van der Waals surface area contributed by atoms with Crippen molar-refractivity contribution in [3.8, 4) is 0 Å².